The highest BCUT2D eigenvalue weighted by Gasteiger charge is 2.37. The van der Waals surface area contributed by atoms with Gasteiger partial charge in [-0.25, -0.2) is 9.78 Å². The average Bonchev–Trinajstić information content (AvgIpc) is 3.15. The van der Waals surface area contributed by atoms with Crippen LogP contribution >= 0.6 is 0 Å². The van der Waals surface area contributed by atoms with Crippen LogP contribution in [0.1, 0.15) is 52.0 Å². The summed E-state index contributed by atoms with van der Waals surface area (Å²) in [6, 6.07) is 11.9. The number of aryl methyl sites for hydroxylation is 1. The van der Waals surface area contributed by atoms with E-state index in [1.807, 2.05) is 64.1 Å². The molecule has 0 spiro atoms. The van der Waals surface area contributed by atoms with Crippen LogP contribution in [-0.2, 0) is 14.3 Å². The molecular weight excluding hydrogens is 420 g/mol. The van der Waals surface area contributed by atoms with Crippen LogP contribution in [0.5, 0.6) is 0 Å². The summed E-state index contributed by atoms with van der Waals surface area (Å²) < 4.78 is 13.6. The van der Waals surface area contributed by atoms with Gasteiger partial charge in [-0.05, 0) is 41.5 Å². The lowest BCUT2D eigenvalue weighted by Crippen LogP contribution is -2.51. The Bertz CT molecular complexity index is 1140. The summed E-state index contributed by atoms with van der Waals surface area (Å²) in [7, 11) is 0. The van der Waals surface area contributed by atoms with Crippen molar-refractivity contribution in [2.75, 3.05) is 18.1 Å². The van der Waals surface area contributed by atoms with E-state index in [2.05, 4.69) is 18.7 Å². The van der Waals surface area contributed by atoms with Gasteiger partial charge in [0.25, 0.3) is 0 Å². The number of ether oxygens (including phenoxy) is 2. The van der Waals surface area contributed by atoms with Crippen molar-refractivity contribution in [3.63, 3.8) is 0 Å². The number of nitrogens with zero attached hydrogens (tertiary/aromatic N) is 4. The average molecular weight is 453 g/mol. The summed E-state index contributed by atoms with van der Waals surface area (Å²) in [5.41, 5.74) is 2.88. The van der Waals surface area contributed by atoms with Crippen molar-refractivity contribution >= 4 is 17.4 Å². The van der Waals surface area contributed by atoms with Gasteiger partial charge in [0, 0.05) is 17.3 Å². The molecule has 3 atom stereocenters. The van der Waals surface area contributed by atoms with E-state index in [-0.39, 0.29) is 12.1 Å². The van der Waals surface area contributed by atoms with E-state index in [1.54, 1.807) is 4.52 Å². The van der Waals surface area contributed by atoms with E-state index in [0.29, 0.717) is 35.9 Å². The minimum Gasteiger partial charge on any atom is -0.479 e. The van der Waals surface area contributed by atoms with Gasteiger partial charge in [-0.15, -0.1) is 0 Å². The number of hydrogen-bond donors (Lipinski definition) is 1. The molecule has 1 aliphatic rings. The van der Waals surface area contributed by atoms with Crippen molar-refractivity contribution in [2.24, 2.45) is 0 Å². The van der Waals surface area contributed by atoms with Crippen molar-refractivity contribution in [1.82, 2.24) is 14.6 Å². The van der Waals surface area contributed by atoms with E-state index in [9.17, 15) is 9.90 Å². The van der Waals surface area contributed by atoms with E-state index < -0.39 is 17.7 Å². The number of anilines is 1. The topological polar surface area (TPSA) is 89.2 Å². The molecule has 8 nitrogen and oxygen atoms in total. The summed E-state index contributed by atoms with van der Waals surface area (Å²) in [5, 5.41) is 15.1. The summed E-state index contributed by atoms with van der Waals surface area (Å²) in [4.78, 5) is 19.4. The van der Waals surface area contributed by atoms with Crippen LogP contribution in [-0.4, -0.2) is 56.6 Å². The molecule has 1 saturated heterocycles. The highest BCUT2D eigenvalue weighted by atomic mass is 16.5. The van der Waals surface area contributed by atoms with Gasteiger partial charge in [0.15, 0.2) is 11.8 Å². The first-order valence-corrected chi connectivity index (χ1v) is 11.3. The zero-order valence-electron chi connectivity index (χ0n) is 20.1. The van der Waals surface area contributed by atoms with Crippen LogP contribution in [0.2, 0.25) is 0 Å². The van der Waals surface area contributed by atoms with Gasteiger partial charge < -0.3 is 19.5 Å². The Morgan fingerprint density at radius 1 is 1.18 bits per heavy atom. The van der Waals surface area contributed by atoms with Gasteiger partial charge in [0.05, 0.1) is 42.2 Å². The van der Waals surface area contributed by atoms with Crippen LogP contribution in [0.3, 0.4) is 0 Å². The molecule has 1 aromatic carbocycles. The number of aromatic nitrogens is 3. The normalized spacial score (nSPS) is 20.2. The Labute approximate surface area is 194 Å². The Morgan fingerprint density at radius 2 is 1.82 bits per heavy atom. The van der Waals surface area contributed by atoms with Crippen molar-refractivity contribution in [1.29, 1.82) is 0 Å². The molecule has 0 radical (unpaired) electrons. The highest BCUT2D eigenvalue weighted by molar-refractivity contribution is 5.79. The number of benzene rings is 1. The quantitative estimate of drug-likeness (QED) is 0.619. The van der Waals surface area contributed by atoms with Crippen molar-refractivity contribution in [3.8, 4) is 11.3 Å². The molecule has 176 valence electrons. The minimum absolute atomic E-state index is 0.0194. The standard InChI is InChI=1S/C25H32N4O4/c1-15-13-32-14-16(2)28(15)23-21(22(24(30)31)33-25(4,5)6)17(3)26-20-12-19(27-29(20)23)18-10-8-7-9-11-18/h7-12,15-16,22H,13-14H2,1-6H3,(H,30,31). The smallest absolute Gasteiger partial charge is 0.337 e. The zero-order valence-corrected chi connectivity index (χ0v) is 20.1. The van der Waals surface area contributed by atoms with Crippen LogP contribution in [0.25, 0.3) is 16.9 Å². The SMILES string of the molecule is Cc1nc2cc(-c3ccccc3)nn2c(N2C(C)COCC2C)c1C(OC(C)(C)C)C(=O)O. The fourth-order valence-electron chi connectivity index (χ4n) is 4.43. The monoisotopic (exact) mass is 452 g/mol. The molecule has 3 aromatic rings. The first-order chi connectivity index (χ1) is 15.6. The third kappa shape index (κ3) is 4.58. The minimum atomic E-state index is -1.19. The molecule has 8 heteroatoms. The highest BCUT2D eigenvalue weighted by Crippen LogP contribution is 2.37. The van der Waals surface area contributed by atoms with Crippen molar-refractivity contribution in [3.05, 3.63) is 47.7 Å². The number of rotatable bonds is 5. The Balaban J connectivity index is 2.01. The fourth-order valence-corrected chi connectivity index (χ4v) is 4.43. The van der Waals surface area contributed by atoms with E-state index >= 15 is 0 Å². The lowest BCUT2D eigenvalue weighted by molar-refractivity contribution is -0.160. The predicted molar refractivity (Wildman–Crippen MR) is 127 cm³/mol. The maximum absolute atomic E-state index is 12.5. The van der Waals surface area contributed by atoms with Crippen LogP contribution < -0.4 is 4.90 Å². The third-order valence-corrected chi connectivity index (χ3v) is 5.74. The van der Waals surface area contributed by atoms with Crippen molar-refractivity contribution < 1.29 is 19.4 Å². The number of fused-ring (bicyclic) bond motifs is 1. The predicted octanol–water partition coefficient (Wildman–Crippen LogP) is 4.26. The Morgan fingerprint density at radius 3 is 2.39 bits per heavy atom. The van der Waals surface area contributed by atoms with E-state index in [1.165, 1.54) is 0 Å². The van der Waals surface area contributed by atoms with Crippen LogP contribution in [0.15, 0.2) is 36.4 Å². The van der Waals surface area contributed by atoms with Crippen LogP contribution in [0.4, 0.5) is 5.82 Å². The number of carboxylic acids is 1. The van der Waals surface area contributed by atoms with E-state index in [4.69, 9.17) is 19.6 Å². The summed E-state index contributed by atoms with van der Waals surface area (Å²) in [5.74, 6) is -0.362. The van der Waals surface area contributed by atoms with Gasteiger partial charge in [-0.3, -0.25) is 0 Å². The van der Waals surface area contributed by atoms with Gasteiger partial charge in [0.2, 0.25) is 0 Å². The molecule has 33 heavy (non-hydrogen) atoms. The molecule has 0 amide bonds. The molecule has 4 rings (SSSR count). The molecule has 0 saturated carbocycles. The van der Waals surface area contributed by atoms with Gasteiger partial charge in [-0.1, -0.05) is 30.3 Å². The summed E-state index contributed by atoms with van der Waals surface area (Å²) in [6.07, 6.45) is -1.19. The maximum Gasteiger partial charge on any atom is 0.337 e. The second-order valence-electron chi connectivity index (χ2n) is 9.69. The largest absolute Gasteiger partial charge is 0.479 e. The Hall–Kier alpha value is -2.97. The molecule has 1 N–H and O–H groups in total. The second kappa shape index (κ2) is 8.76. The molecule has 1 fully saturated rings. The van der Waals surface area contributed by atoms with Gasteiger partial charge in [0.1, 0.15) is 5.82 Å². The number of morpholine rings is 1. The van der Waals surface area contributed by atoms with Crippen LogP contribution in [0, 0.1) is 6.92 Å². The number of carbonyl (C=O) groups is 1. The molecule has 0 bridgehead atoms. The Kier molecular flexibility index (Phi) is 6.16. The summed E-state index contributed by atoms with van der Waals surface area (Å²) >= 11 is 0. The first kappa shape index (κ1) is 23.2. The lowest BCUT2D eigenvalue weighted by Gasteiger charge is -2.42. The van der Waals surface area contributed by atoms with Gasteiger partial charge >= 0.3 is 5.97 Å². The molecule has 2 aromatic heterocycles. The second-order valence-corrected chi connectivity index (χ2v) is 9.69. The van der Waals surface area contributed by atoms with Crippen molar-refractivity contribution in [2.45, 2.75) is 65.3 Å². The number of hydrogen-bond acceptors (Lipinski definition) is 6. The van der Waals surface area contributed by atoms with E-state index in [0.717, 1.165) is 11.3 Å². The number of aliphatic carboxylic acids is 1. The molecular formula is C25H32N4O4. The summed E-state index contributed by atoms with van der Waals surface area (Å²) in [6.45, 7) is 12.6. The molecule has 3 heterocycles. The fraction of sp³-hybridized carbons (Fsp3) is 0.480. The molecule has 1 aliphatic heterocycles. The number of carboxylic acid groups (broad SMARTS) is 1. The van der Waals surface area contributed by atoms with Gasteiger partial charge in [-0.2, -0.15) is 9.61 Å². The molecule has 3 unspecified atom stereocenters. The lowest BCUT2D eigenvalue weighted by atomic mass is 10.0. The molecule has 0 aliphatic carbocycles. The third-order valence-electron chi connectivity index (χ3n) is 5.74. The maximum atomic E-state index is 12.5. The first-order valence-electron chi connectivity index (χ1n) is 11.3. The zero-order chi connectivity index (χ0) is 23.9.